The van der Waals surface area contributed by atoms with Gasteiger partial charge in [0.15, 0.2) is 0 Å². The molecule has 0 aliphatic carbocycles. The third kappa shape index (κ3) is 4.35. The van der Waals surface area contributed by atoms with Crippen LogP contribution >= 0.6 is 15.9 Å². The van der Waals surface area contributed by atoms with E-state index in [9.17, 15) is 14.4 Å². The van der Waals surface area contributed by atoms with Gasteiger partial charge in [0.2, 0.25) is 5.91 Å². The van der Waals surface area contributed by atoms with Crippen molar-refractivity contribution in [3.63, 3.8) is 0 Å². The predicted octanol–water partition coefficient (Wildman–Crippen LogP) is 1.40. The lowest BCUT2D eigenvalue weighted by Gasteiger charge is -2.35. The molecule has 0 spiro atoms. The SMILES string of the molecule is O=C(CCn1cnc2ccc(Br)cc2c1=O)N1CCN(C(=O)C2CCCO2)CC1. The molecule has 29 heavy (non-hydrogen) atoms. The molecule has 3 heterocycles. The largest absolute Gasteiger partial charge is 0.368 e. The van der Waals surface area contributed by atoms with Crippen LogP contribution in [0.3, 0.4) is 0 Å². The van der Waals surface area contributed by atoms with E-state index in [4.69, 9.17) is 4.74 Å². The van der Waals surface area contributed by atoms with Crippen LogP contribution in [0, 0.1) is 0 Å². The number of fused-ring (bicyclic) bond motifs is 1. The number of rotatable bonds is 4. The first-order valence-electron chi connectivity index (χ1n) is 9.86. The van der Waals surface area contributed by atoms with E-state index >= 15 is 0 Å². The van der Waals surface area contributed by atoms with Gasteiger partial charge >= 0.3 is 0 Å². The number of ether oxygens (including phenoxy) is 1. The molecule has 4 rings (SSSR count). The van der Waals surface area contributed by atoms with Crippen molar-refractivity contribution in [2.24, 2.45) is 0 Å². The highest BCUT2D eigenvalue weighted by atomic mass is 79.9. The van der Waals surface area contributed by atoms with Crippen LogP contribution in [-0.4, -0.2) is 70.1 Å². The normalized spacial score (nSPS) is 19.7. The van der Waals surface area contributed by atoms with E-state index in [1.807, 2.05) is 6.07 Å². The third-order valence-electron chi connectivity index (χ3n) is 5.50. The number of hydrogen-bond donors (Lipinski definition) is 0. The molecule has 0 saturated carbocycles. The van der Waals surface area contributed by atoms with E-state index in [1.54, 1.807) is 21.9 Å². The average molecular weight is 463 g/mol. The van der Waals surface area contributed by atoms with Gasteiger partial charge in [-0.05, 0) is 31.0 Å². The molecule has 2 aliphatic rings. The molecular weight excluding hydrogens is 440 g/mol. The number of carbonyl (C=O) groups excluding carboxylic acids is 2. The molecule has 9 heteroatoms. The summed E-state index contributed by atoms with van der Waals surface area (Å²) in [5, 5.41) is 0.524. The summed E-state index contributed by atoms with van der Waals surface area (Å²) in [6.07, 6.45) is 3.10. The molecule has 154 valence electrons. The summed E-state index contributed by atoms with van der Waals surface area (Å²) < 4.78 is 7.76. The second-order valence-electron chi connectivity index (χ2n) is 7.36. The molecular formula is C20H23BrN4O4. The highest BCUT2D eigenvalue weighted by Crippen LogP contribution is 2.17. The first-order valence-corrected chi connectivity index (χ1v) is 10.6. The summed E-state index contributed by atoms with van der Waals surface area (Å²) in [4.78, 5) is 45.5. The zero-order valence-electron chi connectivity index (χ0n) is 16.1. The Morgan fingerprint density at radius 3 is 2.66 bits per heavy atom. The Balaban J connectivity index is 1.32. The van der Waals surface area contributed by atoms with E-state index in [1.165, 1.54) is 10.9 Å². The fourth-order valence-corrected chi connectivity index (χ4v) is 4.18. The van der Waals surface area contributed by atoms with Gasteiger partial charge in [0.05, 0.1) is 17.2 Å². The Kier molecular flexibility index (Phi) is 5.96. The van der Waals surface area contributed by atoms with Gasteiger partial charge in [-0.3, -0.25) is 19.0 Å². The van der Waals surface area contributed by atoms with Crippen LogP contribution < -0.4 is 5.56 Å². The van der Waals surface area contributed by atoms with Crippen LogP contribution in [0.15, 0.2) is 33.8 Å². The molecule has 2 saturated heterocycles. The second-order valence-corrected chi connectivity index (χ2v) is 8.28. The fraction of sp³-hybridized carbons (Fsp3) is 0.500. The van der Waals surface area contributed by atoms with Crippen LogP contribution in [-0.2, 0) is 20.9 Å². The van der Waals surface area contributed by atoms with Gasteiger partial charge in [0.1, 0.15) is 6.10 Å². The van der Waals surface area contributed by atoms with Crippen molar-refractivity contribution < 1.29 is 14.3 Å². The zero-order chi connectivity index (χ0) is 20.4. The maximum Gasteiger partial charge on any atom is 0.261 e. The number of amides is 2. The molecule has 0 radical (unpaired) electrons. The quantitative estimate of drug-likeness (QED) is 0.685. The Morgan fingerprint density at radius 2 is 1.93 bits per heavy atom. The van der Waals surface area contributed by atoms with E-state index in [0.29, 0.717) is 43.7 Å². The molecule has 0 N–H and O–H groups in total. The molecule has 1 aromatic carbocycles. The number of halogens is 1. The molecule has 2 aromatic rings. The van der Waals surface area contributed by atoms with E-state index in [0.717, 1.165) is 17.3 Å². The first-order chi connectivity index (χ1) is 14.0. The van der Waals surface area contributed by atoms with Crippen LogP contribution in [0.25, 0.3) is 10.9 Å². The highest BCUT2D eigenvalue weighted by Gasteiger charge is 2.31. The molecule has 2 amide bonds. The van der Waals surface area contributed by atoms with Crippen LogP contribution in [0.5, 0.6) is 0 Å². The number of aryl methyl sites for hydroxylation is 1. The molecule has 1 atom stereocenters. The first kappa shape index (κ1) is 20.0. The summed E-state index contributed by atoms with van der Waals surface area (Å²) in [5.74, 6) is 0.0185. The van der Waals surface area contributed by atoms with Crippen molar-refractivity contribution >= 4 is 38.6 Å². The maximum atomic E-state index is 12.6. The number of piperazine rings is 1. The maximum absolute atomic E-state index is 12.6. The minimum Gasteiger partial charge on any atom is -0.368 e. The number of nitrogens with zero attached hydrogens (tertiary/aromatic N) is 4. The monoisotopic (exact) mass is 462 g/mol. The number of hydrogen-bond acceptors (Lipinski definition) is 5. The smallest absolute Gasteiger partial charge is 0.261 e. The molecule has 2 fully saturated rings. The van der Waals surface area contributed by atoms with Crippen molar-refractivity contribution in [2.75, 3.05) is 32.8 Å². The highest BCUT2D eigenvalue weighted by molar-refractivity contribution is 9.10. The van der Waals surface area contributed by atoms with Crippen molar-refractivity contribution in [3.8, 4) is 0 Å². The van der Waals surface area contributed by atoms with Crippen LogP contribution in [0.4, 0.5) is 0 Å². The number of carbonyl (C=O) groups is 2. The van der Waals surface area contributed by atoms with E-state index in [-0.39, 0.29) is 36.4 Å². The van der Waals surface area contributed by atoms with Gasteiger partial charge in [0, 0.05) is 50.2 Å². The van der Waals surface area contributed by atoms with Crippen molar-refractivity contribution in [1.82, 2.24) is 19.4 Å². The predicted molar refractivity (Wildman–Crippen MR) is 110 cm³/mol. The summed E-state index contributed by atoms with van der Waals surface area (Å²) in [6, 6.07) is 5.37. The van der Waals surface area contributed by atoms with Gasteiger partial charge in [0.25, 0.3) is 11.5 Å². The Labute approximate surface area is 176 Å². The van der Waals surface area contributed by atoms with Crippen molar-refractivity contribution in [2.45, 2.75) is 31.9 Å². The van der Waals surface area contributed by atoms with Gasteiger partial charge in [-0.1, -0.05) is 15.9 Å². The molecule has 1 unspecified atom stereocenters. The summed E-state index contributed by atoms with van der Waals surface area (Å²) in [6.45, 7) is 2.99. The van der Waals surface area contributed by atoms with Crippen LogP contribution in [0.1, 0.15) is 19.3 Å². The Morgan fingerprint density at radius 1 is 1.17 bits per heavy atom. The van der Waals surface area contributed by atoms with Crippen molar-refractivity contribution in [3.05, 3.63) is 39.4 Å². The lowest BCUT2D eigenvalue weighted by atomic mass is 10.2. The fourth-order valence-electron chi connectivity index (χ4n) is 3.82. The topological polar surface area (TPSA) is 84.7 Å². The average Bonchev–Trinajstić information content (AvgIpc) is 3.28. The second kappa shape index (κ2) is 8.62. The Bertz CT molecular complexity index is 978. The summed E-state index contributed by atoms with van der Waals surface area (Å²) in [5.41, 5.74) is 0.476. The van der Waals surface area contributed by atoms with Crippen molar-refractivity contribution in [1.29, 1.82) is 0 Å². The van der Waals surface area contributed by atoms with Gasteiger partial charge in [-0.15, -0.1) is 0 Å². The lowest BCUT2D eigenvalue weighted by Crippen LogP contribution is -2.53. The van der Waals surface area contributed by atoms with E-state index < -0.39 is 0 Å². The minimum absolute atomic E-state index is 0.0181. The number of aromatic nitrogens is 2. The summed E-state index contributed by atoms with van der Waals surface area (Å²) >= 11 is 3.37. The minimum atomic E-state index is -0.315. The molecule has 0 bridgehead atoms. The lowest BCUT2D eigenvalue weighted by molar-refractivity contribution is -0.146. The molecule has 1 aromatic heterocycles. The van der Waals surface area contributed by atoms with Crippen LogP contribution in [0.2, 0.25) is 0 Å². The zero-order valence-corrected chi connectivity index (χ0v) is 17.6. The number of benzene rings is 1. The Hall–Kier alpha value is -2.26. The van der Waals surface area contributed by atoms with Gasteiger partial charge in [-0.25, -0.2) is 4.98 Å². The van der Waals surface area contributed by atoms with Gasteiger partial charge < -0.3 is 14.5 Å². The molecule has 2 aliphatic heterocycles. The standard InChI is InChI=1S/C20H23BrN4O4/c21-14-3-4-16-15(12-14)19(27)25(13-22-16)6-5-18(26)23-7-9-24(10-8-23)20(28)17-2-1-11-29-17/h3-4,12-13,17H,1-2,5-11H2. The summed E-state index contributed by atoms with van der Waals surface area (Å²) in [7, 11) is 0. The molecule has 8 nitrogen and oxygen atoms in total. The van der Waals surface area contributed by atoms with E-state index in [2.05, 4.69) is 20.9 Å². The van der Waals surface area contributed by atoms with Gasteiger partial charge in [-0.2, -0.15) is 0 Å². The third-order valence-corrected chi connectivity index (χ3v) is 6.00.